The minimum atomic E-state index is 0.440. The number of hydrogen-bond acceptors (Lipinski definition) is 2. The third-order valence-electron chi connectivity index (χ3n) is 5.14. The van der Waals surface area contributed by atoms with Gasteiger partial charge in [-0.3, -0.25) is 0 Å². The van der Waals surface area contributed by atoms with Crippen molar-refractivity contribution in [3.63, 3.8) is 0 Å². The highest BCUT2D eigenvalue weighted by molar-refractivity contribution is 4.99. The summed E-state index contributed by atoms with van der Waals surface area (Å²) in [5.41, 5.74) is 0.440. The molecule has 2 nitrogen and oxygen atoms in total. The van der Waals surface area contributed by atoms with Gasteiger partial charge in [0.1, 0.15) is 0 Å². The number of nitrogens with zero attached hydrogens (tertiary/aromatic N) is 1. The first-order chi connectivity index (χ1) is 8.18. The van der Waals surface area contributed by atoms with Crippen molar-refractivity contribution in [2.45, 2.75) is 70.9 Å². The maximum Gasteiger partial charge on any atom is 0.0219 e. The Labute approximate surface area is 107 Å². The van der Waals surface area contributed by atoms with Crippen molar-refractivity contribution in [3.05, 3.63) is 0 Å². The van der Waals surface area contributed by atoms with Crippen molar-refractivity contribution >= 4 is 0 Å². The van der Waals surface area contributed by atoms with Gasteiger partial charge in [-0.25, -0.2) is 0 Å². The van der Waals surface area contributed by atoms with Crippen LogP contribution in [0.4, 0.5) is 0 Å². The second-order valence-electron chi connectivity index (χ2n) is 6.32. The van der Waals surface area contributed by atoms with E-state index in [1.807, 2.05) is 0 Å². The summed E-state index contributed by atoms with van der Waals surface area (Å²) in [4.78, 5) is 2.72. The fraction of sp³-hybridized carbons (Fsp3) is 1.00. The van der Waals surface area contributed by atoms with Crippen LogP contribution in [0.3, 0.4) is 0 Å². The number of likely N-dealkylation sites (tertiary alicyclic amines) is 1. The molecular formula is C15H30N2. The molecule has 2 heteroatoms. The number of piperidine rings is 1. The zero-order chi connectivity index (χ0) is 12.3. The molecule has 0 spiro atoms. The summed E-state index contributed by atoms with van der Waals surface area (Å²) in [7, 11) is 0. The lowest BCUT2D eigenvalue weighted by molar-refractivity contribution is 0.102. The van der Waals surface area contributed by atoms with E-state index in [1.165, 1.54) is 58.2 Å². The summed E-state index contributed by atoms with van der Waals surface area (Å²) < 4.78 is 0. The van der Waals surface area contributed by atoms with Crippen LogP contribution in [-0.4, -0.2) is 36.1 Å². The van der Waals surface area contributed by atoms with Gasteiger partial charge in [0.05, 0.1) is 0 Å². The summed E-state index contributed by atoms with van der Waals surface area (Å²) in [6.07, 6.45) is 8.40. The lowest BCUT2D eigenvalue weighted by Crippen LogP contribution is -2.51. The molecule has 0 bridgehead atoms. The average molecular weight is 238 g/mol. The molecule has 0 aliphatic carbocycles. The van der Waals surface area contributed by atoms with Gasteiger partial charge in [0.2, 0.25) is 0 Å². The Kier molecular flexibility index (Phi) is 4.48. The van der Waals surface area contributed by atoms with Crippen molar-refractivity contribution in [1.82, 2.24) is 10.2 Å². The molecule has 2 atom stereocenters. The van der Waals surface area contributed by atoms with Crippen LogP contribution in [0.1, 0.15) is 59.3 Å². The van der Waals surface area contributed by atoms with Gasteiger partial charge in [-0.15, -0.1) is 0 Å². The molecule has 0 aromatic carbocycles. The van der Waals surface area contributed by atoms with Gasteiger partial charge in [0.25, 0.3) is 0 Å². The quantitative estimate of drug-likeness (QED) is 0.810. The highest BCUT2D eigenvalue weighted by Crippen LogP contribution is 2.35. The van der Waals surface area contributed by atoms with Crippen molar-refractivity contribution < 1.29 is 0 Å². The van der Waals surface area contributed by atoms with E-state index >= 15 is 0 Å². The third kappa shape index (κ3) is 2.85. The van der Waals surface area contributed by atoms with E-state index in [9.17, 15) is 0 Å². The minimum Gasteiger partial charge on any atom is -0.311 e. The van der Waals surface area contributed by atoms with Crippen molar-refractivity contribution in [3.8, 4) is 0 Å². The second-order valence-corrected chi connectivity index (χ2v) is 6.32. The third-order valence-corrected chi connectivity index (χ3v) is 5.14. The SMILES string of the molecule is CCN1CCCCC1CC1(C(C)C)CCCN1. The van der Waals surface area contributed by atoms with Gasteiger partial charge >= 0.3 is 0 Å². The fourth-order valence-corrected chi connectivity index (χ4v) is 3.86. The van der Waals surface area contributed by atoms with E-state index in [4.69, 9.17) is 0 Å². The Morgan fingerprint density at radius 3 is 2.71 bits per heavy atom. The molecule has 0 amide bonds. The Morgan fingerprint density at radius 1 is 1.29 bits per heavy atom. The summed E-state index contributed by atoms with van der Waals surface area (Å²) in [5.74, 6) is 0.769. The van der Waals surface area contributed by atoms with Gasteiger partial charge in [-0.2, -0.15) is 0 Å². The molecule has 0 radical (unpaired) electrons. The van der Waals surface area contributed by atoms with Crippen molar-refractivity contribution in [2.75, 3.05) is 19.6 Å². The van der Waals surface area contributed by atoms with E-state index in [0.29, 0.717) is 5.54 Å². The van der Waals surface area contributed by atoms with Crippen molar-refractivity contribution in [2.24, 2.45) is 5.92 Å². The van der Waals surface area contributed by atoms with Crippen molar-refractivity contribution in [1.29, 1.82) is 0 Å². The second kappa shape index (κ2) is 5.71. The first-order valence-corrected chi connectivity index (χ1v) is 7.67. The number of rotatable bonds is 4. The van der Waals surface area contributed by atoms with Crippen LogP contribution in [0.25, 0.3) is 0 Å². The van der Waals surface area contributed by atoms with Crippen LogP contribution in [0.2, 0.25) is 0 Å². The van der Waals surface area contributed by atoms with E-state index < -0.39 is 0 Å². The molecule has 0 aromatic rings. The van der Waals surface area contributed by atoms with Crippen LogP contribution in [0, 0.1) is 5.92 Å². The Bertz CT molecular complexity index is 231. The smallest absolute Gasteiger partial charge is 0.0219 e. The maximum absolute atomic E-state index is 3.83. The molecule has 2 saturated heterocycles. The average Bonchev–Trinajstić information content (AvgIpc) is 2.80. The highest BCUT2D eigenvalue weighted by Gasteiger charge is 2.39. The van der Waals surface area contributed by atoms with Gasteiger partial charge in [0, 0.05) is 11.6 Å². The molecule has 2 aliphatic rings. The molecule has 1 N–H and O–H groups in total. The van der Waals surface area contributed by atoms with Crippen LogP contribution in [-0.2, 0) is 0 Å². The van der Waals surface area contributed by atoms with Gasteiger partial charge < -0.3 is 10.2 Å². The molecular weight excluding hydrogens is 208 g/mol. The van der Waals surface area contributed by atoms with E-state index in [-0.39, 0.29) is 0 Å². The van der Waals surface area contributed by atoms with E-state index in [0.717, 1.165) is 12.0 Å². The minimum absolute atomic E-state index is 0.440. The van der Waals surface area contributed by atoms with Crippen LogP contribution in [0.15, 0.2) is 0 Å². The van der Waals surface area contributed by atoms with E-state index in [1.54, 1.807) is 0 Å². The van der Waals surface area contributed by atoms with Crippen LogP contribution >= 0.6 is 0 Å². The highest BCUT2D eigenvalue weighted by atomic mass is 15.2. The maximum atomic E-state index is 3.83. The van der Waals surface area contributed by atoms with Gasteiger partial charge in [-0.1, -0.05) is 27.2 Å². The Balaban J connectivity index is 2.01. The molecule has 100 valence electrons. The molecule has 17 heavy (non-hydrogen) atoms. The van der Waals surface area contributed by atoms with E-state index in [2.05, 4.69) is 31.0 Å². The lowest BCUT2D eigenvalue weighted by atomic mass is 9.77. The Hall–Kier alpha value is -0.0800. The normalized spacial score (nSPS) is 35.6. The standard InChI is InChI=1S/C15H30N2/c1-4-17-11-6-5-8-14(17)12-15(13(2)3)9-7-10-16-15/h13-14,16H,4-12H2,1-3H3. The molecule has 2 aliphatic heterocycles. The number of hydrogen-bond donors (Lipinski definition) is 1. The molecule has 0 saturated carbocycles. The monoisotopic (exact) mass is 238 g/mol. The first kappa shape index (κ1) is 13.4. The van der Waals surface area contributed by atoms with Gasteiger partial charge in [-0.05, 0) is 57.7 Å². The zero-order valence-electron chi connectivity index (χ0n) is 12.0. The summed E-state index contributed by atoms with van der Waals surface area (Å²) in [6, 6.07) is 0.835. The predicted molar refractivity (Wildman–Crippen MR) is 74.3 cm³/mol. The fourth-order valence-electron chi connectivity index (χ4n) is 3.86. The zero-order valence-corrected chi connectivity index (χ0v) is 12.0. The molecule has 2 heterocycles. The lowest BCUT2D eigenvalue weighted by Gasteiger charge is -2.43. The summed E-state index contributed by atoms with van der Waals surface area (Å²) in [5, 5.41) is 3.83. The summed E-state index contributed by atoms with van der Waals surface area (Å²) in [6.45, 7) is 10.9. The Morgan fingerprint density at radius 2 is 2.12 bits per heavy atom. The number of nitrogens with one attached hydrogen (secondary N) is 1. The predicted octanol–water partition coefficient (Wildman–Crippen LogP) is 3.03. The molecule has 2 rings (SSSR count). The van der Waals surface area contributed by atoms with Gasteiger partial charge in [0.15, 0.2) is 0 Å². The molecule has 0 aromatic heterocycles. The topological polar surface area (TPSA) is 15.3 Å². The largest absolute Gasteiger partial charge is 0.311 e. The van der Waals surface area contributed by atoms with Crippen LogP contribution in [0.5, 0.6) is 0 Å². The summed E-state index contributed by atoms with van der Waals surface area (Å²) >= 11 is 0. The molecule has 2 unspecified atom stereocenters. The van der Waals surface area contributed by atoms with Crippen LogP contribution < -0.4 is 5.32 Å². The first-order valence-electron chi connectivity index (χ1n) is 7.67. The molecule has 2 fully saturated rings.